The van der Waals surface area contributed by atoms with Crippen LogP contribution in [0.4, 0.5) is 0 Å². The van der Waals surface area contributed by atoms with E-state index in [1.54, 1.807) is 0 Å². The van der Waals surface area contributed by atoms with Crippen LogP contribution in [-0.2, 0) is 19.1 Å². The van der Waals surface area contributed by atoms with Crippen LogP contribution in [0, 0.1) is 11.8 Å². The van der Waals surface area contributed by atoms with Crippen LogP contribution >= 0.6 is 0 Å². The summed E-state index contributed by atoms with van der Waals surface area (Å²) in [5.74, 6) is -1.04. The van der Waals surface area contributed by atoms with Gasteiger partial charge in [-0.25, -0.2) is 9.59 Å². The first kappa shape index (κ1) is 14.8. The summed E-state index contributed by atoms with van der Waals surface area (Å²) in [5, 5.41) is 0. The quantitative estimate of drug-likeness (QED) is 0.451. The van der Waals surface area contributed by atoms with Crippen LogP contribution in [0.2, 0.25) is 0 Å². The molecule has 0 amide bonds. The van der Waals surface area contributed by atoms with Gasteiger partial charge in [0.2, 0.25) is 0 Å². The zero-order valence-electron chi connectivity index (χ0n) is 11.8. The molecule has 0 aromatic carbocycles. The largest absolute Gasteiger partial charge is 0.457 e. The average Bonchev–Trinajstić information content (AvgIpc) is 2.52. The molecule has 2 aliphatic rings. The van der Waals surface area contributed by atoms with Crippen LogP contribution < -0.4 is 0 Å². The Kier molecular flexibility index (Phi) is 5.84. The highest BCUT2D eigenvalue weighted by Crippen LogP contribution is 2.19. The molecule has 0 heterocycles. The molecule has 0 fully saturated rings. The van der Waals surface area contributed by atoms with Crippen LogP contribution in [0.15, 0.2) is 24.3 Å². The molecule has 0 saturated carbocycles. The van der Waals surface area contributed by atoms with E-state index in [1.165, 1.54) is 0 Å². The number of carbonyl (C=O) groups is 2. The minimum Gasteiger partial charge on any atom is -0.457 e. The summed E-state index contributed by atoms with van der Waals surface area (Å²) < 4.78 is 10.0. The Labute approximate surface area is 119 Å². The van der Waals surface area contributed by atoms with Crippen LogP contribution in [0.5, 0.6) is 0 Å². The maximum absolute atomic E-state index is 11.5. The normalized spacial score (nSPS) is 25.2. The molecule has 0 aliphatic heterocycles. The van der Waals surface area contributed by atoms with Crippen molar-refractivity contribution in [3.8, 4) is 0 Å². The van der Waals surface area contributed by atoms with Gasteiger partial charge in [-0.1, -0.05) is 24.3 Å². The van der Waals surface area contributed by atoms with Gasteiger partial charge in [0.1, 0.15) is 0 Å². The predicted molar refractivity (Wildman–Crippen MR) is 74.9 cm³/mol. The molecule has 20 heavy (non-hydrogen) atoms. The molecule has 2 atom stereocenters. The van der Waals surface area contributed by atoms with Gasteiger partial charge in [-0.2, -0.15) is 0 Å². The summed E-state index contributed by atoms with van der Waals surface area (Å²) in [7, 11) is 0. The SMILES string of the molecule is O=C(OCC1CC=CCC1)C(=O)OCC1CC=CCC1. The van der Waals surface area contributed by atoms with Gasteiger partial charge < -0.3 is 9.47 Å². The van der Waals surface area contributed by atoms with E-state index in [-0.39, 0.29) is 0 Å². The van der Waals surface area contributed by atoms with Gasteiger partial charge in [-0.05, 0) is 50.4 Å². The molecule has 4 nitrogen and oxygen atoms in total. The van der Waals surface area contributed by atoms with Gasteiger partial charge in [0.05, 0.1) is 13.2 Å². The van der Waals surface area contributed by atoms with Gasteiger partial charge in [-0.3, -0.25) is 0 Å². The van der Waals surface area contributed by atoms with Crippen LogP contribution in [0.1, 0.15) is 38.5 Å². The molecule has 2 aliphatic carbocycles. The van der Waals surface area contributed by atoms with Gasteiger partial charge in [-0.15, -0.1) is 0 Å². The molecular formula is C16H22O4. The van der Waals surface area contributed by atoms with E-state index >= 15 is 0 Å². The molecule has 0 saturated heterocycles. The Morgan fingerprint density at radius 1 is 0.800 bits per heavy atom. The summed E-state index contributed by atoms with van der Waals surface area (Å²) in [6.45, 7) is 0.620. The topological polar surface area (TPSA) is 52.6 Å². The van der Waals surface area contributed by atoms with Crippen molar-refractivity contribution in [2.24, 2.45) is 11.8 Å². The van der Waals surface area contributed by atoms with Crippen LogP contribution in [0.25, 0.3) is 0 Å². The minimum absolute atomic E-state index is 0.310. The molecular weight excluding hydrogens is 256 g/mol. The summed E-state index contributed by atoms with van der Waals surface area (Å²) in [6.07, 6.45) is 14.3. The highest BCUT2D eigenvalue weighted by molar-refractivity contribution is 6.29. The molecule has 110 valence electrons. The standard InChI is InChI=1S/C16H22O4/c17-15(19-11-13-7-3-1-4-8-13)16(18)20-12-14-9-5-2-6-10-14/h1-3,5,13-14H,4,6-12H2. The van der Waals surface area contributed by atoms with Gasteiger partial charge in [0, 0.05) is 0 Å². The lowest BCUT2D eigenvalue weighted by Crippen LogP contribution is -2.25. The first-order valence-corrected chi connectivity index (χ1v) is 7.39. The molecule has 0 aromatic rings. The Balaban J connectivity index is 1.62. The molecule has 0 bridgehead atoms. The number of hydrogen-bond donors (Lipinski definition) is 0. The van der Waals surface area contributed by atoms with Crippen molar-refractivity contribution < 1.29 is 19.1 Å². The molecule has 2 rings (SSSR count). The molecule has 0 radical (unpaired) electrons. The molecule has 0 spiro atoms. The van der Waals surface area contributed by atoms with Crippen molar-refractivity contribution >= 4 is 11.9 Å². The third-order valence-corrected chi connectivity index (χ3v) is 3.82. The number of carbonyl (C=O) groups excluding carboxylic acids is 2. The molecule has 4 heteroatoms. The zero-order chi connectivity index (χ0) is 14.2. The van der Waals surface area contributed by atoms with Gasteiger partial charge in [0.15, 0.2) is 0 Å². The summed E-state index contributed by atoms with van der Waals surface area (Å²) >= 11 is 0. The van der Waals surface area contributed by atoms with Crippen molar-refractivity contribution in [2.45, 2.75) is 38.5 Å². The average molecular weight is 278 g/mol. The van der Waals surface area contributed by atoms with E-state index < -0.39 is 11.9 Å². The number of esters is 2. The van der Waals surface area contributed by atoms with E-state index in [0.717, 1.165) is 38.5 Å². The monoisotopic (exact) mass is 278 g/mol. The summed E-state index contributed by atoms with van der Waals surface area (Å²) in [4.78, 5) is 23.1. The predicted octanol–water partition coefficient (Wildman–Crippen LogP) is 2.79. The number of ether oxygens (including phenoxy) is 2. The Hall–Kier alpha value is -1.58. The first-order valence-electron chi connectivity index (χ1n) is 7.39. The highest BCUT2D eigenvalue weighted by Gasteiger charge is 2.21. The van der Waals surface area contributed by atoms with Crippen molar-refractivity contribution in [3.05, 3.63) is 24.3 Å². The smallest absolute Gasteiger partial charge is 0.417 e. The molecule has 2 unspecified atom stereocenters. The van der Waals surface area contributed by atoms with Crippen LogP contribution in [0.3, 0.4) is 0 Å². The fourth-order valence-electron chi connectivity index (χ4n) is 2.52. The first-order chi connectivity index (χ1) is 9.75. The Morgan fingerprint density at radius 3 is 1.60 bits per heavy atom. The summed E-state index contributed by atoms with van der Waals surface area (Å²) in [6, 6.07) is 0. The van der Waals surface area contributed by atoms with Crippen molar-refractivity contribution in [1.29, 1.82) is 0 Å². The summed E-state index contributed by atoms with van der Waals surface area (Å²) in [5.41, 5.74) is 0. The fourth-order valence-corrected chi connectivity index (χ4v) is 2.52. The second-order valence-electron chi connectivity index (χ2n) is 5.50. The van der Waals surface area contributed by atoms with E-state index in [9.17, 15) is 9.59 Å². The molecule has 0 N–H and O–H groups in total. The van der Waals surface area contributed by atoms with Gasteiger partial charge >= 0.3 is 11.9 Å². The highest BCUT2D eigenvalue weighted by atomic mass is 16.6. The lowest BCUT2D eigenvalue weighted by molar-refractivity contribution is -0.169. The van der Waals surface area contributed by atoms with E-state index in [0.29, 0.717) is 25.0 Å². The van der Waals surface area contributed by atoms with Crippen molar-refractivity contribution in [3.63, 3.8) is 0 Å². The third kappa shape index (κ3) is 4.83. The lowest BCUT2D eigenvalue weighted by atomic mass is 9.95. The van der Waals surface area contributed by atoms with Crippen LogP contribution in [-0.4, -0.2) is 25.2 Å². The molecule has 0 aromatic heterocycles. The van der Waals surface area contributed by atoms with E-state index in [1.807, 2.05) is 0 Å². The Morgan fingerprint density at radius 2 is 1.25 bits per heavy atom. The third-order valence-electron chi connectivity index (χ3n) is 3.82. The fraction of sp³-hybridized carbons (Fsp3) is 0.625. The second-order valence-corrected chi connectivity index (χ2v) is 5.50. The van der Waals surface area contributed by atoms with E-state index in [2.05, 4.69) is 24.3 Å². The number of hydrogen-bond acceptors (Lipinski definition) is 4. The Bertz CT molecular complexity index is 359. The number of rotatable bonds is 4. The maximum atomic E-state index is 11.5. The minimum atomic E-state index is -0.856. The van der Waals surface area contributed by atoms with Crippen molar-refractivity contribution in [1.82, 2.24) is 0 Å². The second kappa shape index (κ2) is 7.88. The zero-order valence-corrected chi connectivity index (χ0v) is 11.8. The van der Waals surface area contributed by atoms with Crippen molar-refractivity contribution in [2.75, 3.05) is 13.2 Å². The van der Waals surface area contributed by atoms with E-state index in [4.69, 9.17) is 9.47 Å². The maximum Gasteiger partial charge on any atom is 0.417 e. The van der Waals surface area contributed by atoms with Gasteiger partial charge in [0.25, 0.3) is 0 Å². The number of allylic oxidation sites excluding steroid dienone is 4. The lowest BCUT2D eigenvalue weighted by Gasteiger charge is -2.18.